The topological polar surface area (TPSA) is 41.6 Å². The first kappa shape index (κ1) is 13.2. The van der Waals surface area contributed by atoms with Crippen LogP contribution in [-0.4, -0.2) is 31.5 Å². The summed E-state index contributed by atoms with van der Waals surface area (Å²) in [5.41, 5.74) is 1.92. The zero-order chi connectivity index (χ0) is 13.1. The molecule has 0 aliphatic carbocycles. The van der Waals surface area contributed by atoms with Crippen LogP contribution >= 0.6 is 11.6 Å². The number of amides is 1. The summed E-state index contributed by atoms with van der Waals surface area (Å²) in [7, 11) is 1.89. The van der Waals surface area contributed by atoms with Gasteiger partial charge in [-0.15, -0.1) is 11.6 Å². The van der Waals surface area contributed by atoms with Crippen molar-refractivity contribution < 1.29 is 9.53 Å². The zero-order valence-corrected chi connectivity index (χ0v) is 11.3. The molecular formula is C13H17ClN2O2. The van der Waals surface area contributed by atoms with Gasteiger partial charge in [0.15, 0.2) is 6.10 Å². The van der Waals surface area contributed by atoms with Crippen LogP contribution in [0, 0.1) is 0 Å². The van der Waals surface area contributed by atoms with E-state index >= 15 is 0 Å². The Hall–Kier alpha value is -1.26. The number of rotatable bonds is 4. The smallest absolute Gasteiger partial charge is 0.267 e. The minimum atomic E-state index is -0.448. The van der Waals surface area contributed by atoms with Gasteiger partial charge in [0.05, 0.1) is 5.69 Å². The van der Waals surface area contributed by atoms with Crippen molar-refractivity contribution in [2.45, 2.75) is 19.6 Å². The van der Waals surface area contributed by atoms with Crippen molar-refractivity contribution >= 4 is 23.2 Å². The maximum absolute atomic E-state index is 12.1. The highest BCUT2D eigenvalue weighted by Gasteiger charge is 2.31. The van der Waals surface area contributed by atoms with Gasteiger partial charge in [0, 0.05) is 19.0 Å². The van der Waals surface area contributed by atoms with Gasteiger partial charge in [-0.1, -0.05) is 6.07 Å². The van der Waals surface area contributed by atoms with Crippen molar-refractivity contribution in [2.75, 3.05) is 24.4 Å². The van der Waals surface area contributed by atoms with Gasteiger partial charge in [-0.25, -0.2) is 0 Å². The van der Waals surface area contributed by atoms with Crippen molar-refractivity contribution in [3.05, 3.63) is 23.8 Å². The minimum absolute atomic E-state index is 0.0373. The molecule has 1 amide bonds. The Balaban J connectivity index is 2.38. The van der Waals surface area contributed by atoms with Gasteiger partial charge < -0.3 is 15.0 Å². The molecule has 0 aromatic heterocycles. The monoisotopic (exact) mass is 268 g/mol. The van der Waals surface area contributed by atoms with Crippen LogP contribution in [-0.2, 0) is 11.3 Å². The molecule has 0 radical (unpaired) electrons. The number of carbonyl (C=O) groups is 1. The normalized spacial score (nSPS) is 18.5. The molecular weight excluding hydrogens is 252 g/mol. The summed E-state index contributed by atoms with van der Waals surface area (Å²) in [6.07, 6.45) is -0.448. The zero-order valence-electron chi connectivity index (χ0n) is 10.6. The molecule has 2 rings (SSSR count). The first-order valence-electron chi connectivity index (χ1n) is 5.99. The highest BCUT2D eigenvalue weighted by molar-refractivity contribution is 6.18. The molecule has 1 unspecified atom stereocenters. The van der Waals surface area contributed by atoms with Gasteiger partial charge in [0.2, 0.25) is 0 Å². The van der Waals surface area contributed by atoms with Crippen LogP contribution in [0.4, 0.5) is 5.69 Å². The fourth-order valence-corrected chi connectivity index (χ4v) is 2.25. The van der Waals surface area contributed by atoms with Crippen LogP contribution in [0.15, 0.2) is 18.2 Å². The number of anilines is 1. The number of nitrogens with zero attached hydrogens (tertiary/aromatic N) is 1. The molecule has 0 saturated heterocycles. The van der Waals surface area contributed by atoms with Crippen molar-refractivity contribution in [3.8, 4) is 5.75 Å². The quantitative estimate of drug-likeness (QED) is 0.846. The Morgan fingerprint density at radius 3 is 2.94 bits per heavy atom. The van der Waals surface area contributed by atoms with E-state index in [1.54, 1.807) is 11.8 Å². The van der Waals surface area contributed by atoms with Crippen LogP contribution in [0.25, 0.3) is 0 Å². The molecule has 1 aliphatic heterocycles. The largest absolute Gasteiger partial charge is 0.479 e. The molecule has 0 fully saturated rings. The summed E-state index contributed by atoms with van der Waals surface area (Å²) >= 11 is 5.77. The maximum atomic E-state index is 12.1. The van der Waals surface area contributed by atoms with E-state index < -0.39 is 6.10 Å². The molecule has 1 aliphatic rings. The second-order valence-corrected chi connectivity index (χ2v) is 4.65. The van der Waals surface area contributed by atoms with Crippen LogP contribution < -0.4 is 15.0 Å². The Bertz CT molecular complexity index is 451. The Morgan fingerprint density at radius 2 is 2.28 bits per heavy atom. The summed E-state index contributed by atoms with van der Waals surface area (Å²) in [5.74, 6) is 1.12. The molecule has 1 atom stereocenters. The SMILES string of the molecule is CNCc1ccc2c(c1)N(CCCl)C(=O)C(C)O2. The number of hydrogen-bond donors (Lipinski definition) is 1. The number of benzene rings is 1. The lowest BCUT2D eigenvalue weighted by Gasteiger charge is -2.33. The van der Waals surface area contributed by atoms with E-state index in [4.69, 9.17) is 16.3 Å². The summed E-state index contributed by atoms with van der Waals surface area (Å²) in [6.45, 7) is 3.02. The third-order valence-electron chi connectivity index (χ3n) is 2.92. The van der Waals surface area contributed by atoms with E-state index in [-0.39, 0.29) is 5.91 Å². The van der Waals surface area contributed by atoms with Crippen LogP contribution in [0.2, 0.25) is 0 Å². The van der Waals surface area contributed by atoms with Crippen LogP contribution in [0.1, 0.15) is 12.5 Å². The number of alkyl halides is 1. The summed E-state index contributed by atoms with van der Waals surface area (Å²) in [5, 5.41) is 3.09. The molecule has 0 saturated carbocycles. The molecule has 98 valence electrons. The summed E-state index contributed by atoms with van der Waals surface area (Å²) < 4.78 is 5.60. The average Bonchev–Trinajstić information content (AvgIpc) is 2.36. The summed E-state index contributed by atoms with van der Waals surface area (Å²) in [4.78, 5) is 13.8. The highest BCUT2D eigenvalue weighted by atomic mass is 35.5. The lowest BCUT2D eigenvalue weighted by atomic mass is 10.1. The van der Waals surface area contributed by atoms with E-state index in [0.29, 0.717) is 12.4 Å². The van der Waals surface area contributed by atoms with Crippen molar-refractivity contribution in [1.29, 1.82) is 0 Å². The van der Waals surface area contributed by atoms with E-state index in [0.717, 1.165) is 23.5 Å². The average molecular weight is 269 g/mol. The third kappa shape index (κ3) is 2.44. The molecule has 18 heavy (non-hydrogen) atoms. The molecule has 0 bridgehead atoms. The maximum Gasteiger partial charge on any atom is 0.267 e. The molecule has 1 N–H and O–H groups in total. The fraction of sp³-hybridized carbons (Fsp3) is 0.462. The van der Waals surface area contributed by atoms with E-state index in [1.807, 2.05) is 25.2 Å². The lowest BCUT2D eigenvalue weighted by molar-refractivity contribution is -0.125. The molecule has 5 heteroatoms. The van der Waals surface area contributed by atoms with E-state index in [2.05, 4.69) is 5.32 Å². The molecule has 0 spiro atoms. The highest BCUT2D eigenvalue weighted by Crippen LogP contribution is 2.34. The predicted octanol–water partition coefficient (Wildman–Crippen LogP) is 1.76. The van der Waals surface area contributed by atoms with Crippen molar-refractivity contribution in [1.82, 2.24) is 5.32 Å². The van der Waals surface area contributed by atoms with Gasteiger partial charge in [-0.2, -0.15) is 0 Å². The van der Waals surface area contributed by atoms with E-state index in [9.17, 15) is 4.79 Å². The second-order valence-electron chi connectivity index (χ2n) is 4.27. The predicted molar refractivity (Wildman–Crippen MR) is 72.4 cm³/mol. The Morgan fingerprint density at radius 1 is 1.50 bits per heavy atom. The Kier molecular flexibility index (Phi) is 4.09. The van der Waals surface area contributed by atoms with Crippen molar-refractivity contribution in [2.24, 2.45) is 0 Å². The summed E-state index contributed by atoms with van der Waals surface area (Å²) in [6, 6.07) is 5.88. The molecule has 1 aromatic carbocycles. The standard InChI is InChI=1S/C13H17ClN2O2/c1-9-13(17)16(6-5-14)11-7-10(8-15-2)3-4-12(11)18-9/h3-4,7,9,15H,5-6,8H2,1-2H3. The van der Waals surface area contributed by atoms with Crippen molar-refractivity contribution in [3.63, 3.8) is 0 Å². The first-order valence-corrected chi connectivity index (χ1v) is 6.52. The Labute approximate surface area is 112 Å². The second kappa shape index (κ2) is 5.59. The van der Waals surface area contributed by atoms with Gasteiger partial charge in [-0.05, 0) is 31.7 Å². The fourth-order valence-electron chi connectivity index (χ4n) is 2.08. The van der Waals surface area contributed by atoms with Crippen LogP contribution in [0.5, 0.6) is 5.75 Å². The number of nitrogens with one attached hydrogen (secondary N) is 1. The van der Waals surface area contributed by atoms with E-state index in [1.165, 1.54) is 0 Å². The first-order chi connectivity index (χ1) is 8.67. The number of fused-ring (bicyclic) bond motifs is 1. The minimum Gasteiger partial charge on any atom is -0.479 e. The van der Waals surface area contributed by atoms with Gasteiger partial charge in [-0.3, -0.25) is 4.79 Å². The molecule has 1 heterocycles. The van der Waals surface area contributed by atoms with Gasteiger partial charge >= 0.3 is 0 Å². The molecule has 4 nitrogen and oxygen atoms in total. The lowest BCUT2D eigenvalue weighted by Crippen LogP contribution is -2.45. The number of hydrogen-bond acceptors (Lipinski definition) is 3. The third-order valence-corrected chi connectivity index (χ3v) is 3.09. The number of ether oxygens (including phenoxy) is 1. The number of halogens is 1. The van der Waals surface area contributed by atoms with Gasteiger partial charge in [0.1, 0.15) is 5.75 Å². The van der Waals surface area contributed by atoms with Crippen LogP contribution in [0.3, 0.4) is 0 Å². The van der Waals surface area contributed by atoms with Gasteiger partial charge in [0.25, 0.3) is 5.91 Å². The molecule has 1 aromatic rings. The number of carbonyl (C=O) groups excluding carboxylic acids is 1.